The third-order valence-corrected chi connectivity index (χ3v) is 3.98. The lowest BCUT2D eigenvalue weighted by molar-refractivity contribution is 0.106. The summed E-state index contributed by atoms with van der Waals surface area (Å²) in [4.78, 5) is 0. The fourth-order valence-corrected chi connectivity index (χ4v) is 3.42. The summed E-state index contributed by atoms with van der Waals surface area (Å²) in [6, 6.07) is 0. The van der Waals surface area contributed by atoms with E-state index in [9.17, 15) is 0 Å². The lowest BCUT2D eigenvalue weighted by Gasteiger charge is -2.30. The molecule has 1 fully saturated rings. The van der Waals surface area contributed by atoms with Gasteiger partial charge in [0.05, 0.1) is 6.26 Å². The lowest BCUT2D eigenvalue weighted by Crippen LogP contribution is -2.27. The third kappa shape index (κ3) is 1.22. The van der Waals surface area contributed by atoms with Gasteiger partial charge in [0.15, 0.2) is 0 Å². The van der Waals surface area contributed by atoms with Gasteiger partial charge in [0.1, 0.15) is 6.10 Å². The maximum atomic E-state index is 5.79. The standard InChI is InChI=1S/C13H18O/c1-9-6-10-4-2-3-5-12-13(10)11(7-9)8-14-12/h7-8,10,12-13H,2-6H2,1H3. The first-order valence-electron chi connectivity index (χ1n) is 5.87. The summed E-state index contributed by atoms with van der Waals surface area (Å²) in [6.45, 7) is 2.26. The number of hydrogen-bond donors (Lipinski definition) is 0. The normalized spacial score (nSPS) is 40.5. The molecular formula is C13H18O. The number of rotatable bonds is 0. The van der Waals surface area contributed by atoms with E-state index in [2.05, 4.69) is 13.0 Å². The van der Waals surface area contributed by atoms with Crippen LogP contribution in [0, 0.1) is 11.8 Å². The molecule has 1 nitrogen and oxygen atoms in total. The van der Waals surface area contributed by atoms with E-state index in [1.807, 2.05) is 6.26 Å². The fraction of sp³-hybridized carbons (Fsp3) is 0.692. The van der Waals surface area contributed by atoms with E-state index in [1.54, 1.807) is 5.57 Å². The van der Waals surface area contributed by atoms with Crippen molar-refractivity contribution in [2.75, 3.05) is 0 Å². The first-order valence-corrected chi connectivity index (χ1v) is 5.87. The van der Waals surface area contributed by atoms with Crippen LogP contribution in [-0.4, -0.2) is 6.10 Å². The van der Waals surface area contributed by atoms with Crippen LogP contribution >= 0.6 is 0 Å². The number of hydrogen-bond acceptors (Lipinski definition) is 1. The van der Waals surface area contributed by atoms with Crippen LogP contribution in [0.1, 0.15) is 39.0 Å². The van der Waals surface area contributed by atoms with Gasteiger partial charge in [0, 0.05) is 5.92 Å². The lowest BCUT2D eigenvalue weighted by atomic mass is 9.74. The topological polar surface area (TPSA) is 9.23 Å². The molecule has 1 aliphatic heterocycles. The molecule has 3 atom stereocenters. The number of allylic oxidation sites excluding steroid dienone is 2. The Morgan fingerprint density at radius 1 is 1.29 bits per heavy atom. The highest BCUT2D eigenvalue weighted by molar-refractivity contribution is 5.32. The predicted octanol–water partition coefficient (Wildman–Crippen LogP) is 3.43. The molecule has 1 heterocycles. The SMILES string of the molecule is CC1=CC2=COC3CCCCC(C1)C23. The van der Waals surface area contributed by atoms with Gasteiger partial charge in [-0.05, 0) is 44.1 Å². The molecule has 0 N–H and O–H groups in total. The van der Waals surface area contributed by atoms with Crippen molar-refractivity contribution in [1.29, 1.82) is 0 Å². The molecule has 0 radical (unpaired) electrons. The summed E-state index contributed by atoms with van der Waals surface area (Å²) in [5.74, 6) is 1.61. The Hall–Kier alpha value is -0.720. The molecule has 0 aromatic heterocycles. The van der Waals surface area contributed by atoms with E-state index in [0.717, 1.165) is 11.8 Å². The monoisotopic (exact) mass is 190 g/mol. The Morgan fingerprint density at radius 2 is 2.14 bits per heavy atom. The Bertz CT molecular complexity index is 300. The molecule has 0 saturated heterocycles. The maximum Gasteiger partial charge on any atom is 0.105 e. The van der Waals surface area contributed by atoms with Crippen molar-refractivity contribution in [3.8, 4) is 0 Å². The summed E-state index contributed by atoms with van der Waals surface area (Å²) in [6.07, 6.45) is 11.6. The molecular weight excluding hydrogens is 172 g/mol. The quantitative estimate of drug-likeness (QED) is 0.568. The molecule has 14 heavy (non-hydrogen) atoms. The zero-order chi connectivity index (χ0) is 9.54. The van der Waals surface area contributed by atoms with E-state index in [-0.39, 0.29) is 0 Å². The van der Waals surface area contributed by atoms with Crippen molar-refractivity contribution in [3.63, 3.8) is 0 Å². The van der Waals surface area contributed by atoms with Crippen molar-refractivity contribution in [2.24, 2.45) is 11.8 Å². The van der Waals surface area contributed by atoms with E-state index in [0.29, 0.717) is 6.10 Å². The fourth-order valence-electron chi connectivity index (χ4n) is 3.42. The molecule has 0 amide bonds. The summed E-state index contributed by atoms with van der Waals surface area (Å²) < 4.78 is 5.79. The van der Waals surface area contributed by atoms with Gasteiger partial charge in [-0.15, -0.1) is 0 Å². The van der Waals surface area contributed by atoms with Gasteiger partial charge in [-0.25, -0.2) is 0 Å². The van der Waals surface area contributed by atoms with E-state index in [4.69, 9.17) is 4.74 Å². The second-order valence-corrected chi connectivity index (χ2v) is 5.06. The first kappa shape index (κ1) is 8.58. The van der Waals surface area contributed by atoms with Crippen LogP contribution in [0.3, 0.4) is 0 Å². The van der Waals surface area contributed by atoms with Crippen LogP contribution in [0.2, 0.25) is 0 Å². The predicted molar refractivity (Wildman–Crippen MR) is 56.8 cm³/mol. The van der Waals surface area contributed by atoms with Crippen molar-refractivity contribution in [1.82, 2.24) is 0 Å². The van der Waals surface area contributed by atoms with Crippen LogP contribution in [0.25, 0.3) is 0 Å². The van der Waals surface area contributed by atoms with Crippen LogP contribution < -0.4 is 0 Å². The molecule has 2 aliphatic carbocycles. The Morgan fingerprint density at radius 3 is 3.07 bits per heavy atom. The third-order valence-electron chi connectivity index (χ3n) is 3.98. The van der Waals surface area contributed by atoms with Gasteiger partial charge in [0.2, 0.25) is 0 Å². The van der Waals surface area contributed by atoms with Gasteiger partial charge in [0.25, 0.3) is 0 Å². The summed E-state index contributed by atoms with van der Waals surface area (Å²) in [5, 5.41) is 0. The minimum absolute atomic E-state index is 0.516. The van der Waals surface area contributed by atoms with Gasteiger partial charge >= 0.3 is 0 Å². The molecule has 76 valence electrons. The Kier molecular flexibility index (Phi) is 1.93. The molecule has 0 spiro atoms. The van der Waals surface area contributed by atoms with Crippen LogP contribution in [0.15, 0.2) is 23.5 Å². The number of ether oxygens (including phenoxy) is 1. The molecule has 3 unspecified atom stereocenters. The minimum atomic E-state index is 0.516. The minimum Gasteiger partial charge on any atom is -0.497 e. The largest absolute Gasteiger partial charge is 0.497 e. The van der Waals surface area contributed by atoms with Crippen LogP contribution in [0.4, 0.5) is 0 Å². The van der Waals surface area contributed by atoms with Crippen LogP contribution in [-0.2, 0) is 4.74 Å². The second kappa shape index (κ2) is 3.15. The van der Waals surface area contributed by atoms with Gasteiger partial charge in [-0.3, -0.25) is 0 Å². The van der Waals surface area contributed by atoms with E-state index in [1.165, 1.54) is 37.7 Å². The molecule has 1 saturated carbocycles. The van der Waals surface area contributed by atoms with Crippen molar-refractivity contribution in [3.05, 3.63) is 23.5 Å². The first-order chi connectivity index (χ1) is 6.84. The zero-order valence-corrected chi connectivity index (χ0v) is 8.83. The average Bonchev–Trinajstić information content (AvgIpc) is 2.43. The van der Waals surface area contributed by atoms with Crippen molar-refractivity contribution < 1.29 is 4.74 Å². The van der Waals surface area contributed by atoms with Gasteiger partial charge in [-0.1, -0.05) is 18.1 Å². The van der Waals surface area contributed by atoms with Gasteiger partial charge in [-0.2, -0.15) is 0 Å². The summed E-state index contributed by atoms with van der Waals surface area (Å²) in [5.41, 5.74) is 3.02. The molecule has 1 heteroatoms. The Balaban J connectivity index is 1.95. The summed E-state index contributed by atoms with van der Waals surface area (Å²) >= 11 is 0. The highest BCUT2D eigenvalue weighted by atomic mass is 16.5. The highest BCUT2D eigenvalue weighted by Crippen LogP contribution is 2.45. The molecule has 3 aliphatic rings. The average molecular weight is 190 g/mol. The second-order valence-electron chi connectivity index (χ2n) is 5.06. The van der Waals surface area contributed by atoms with Gasteiger partial charge < -0.3 is 4.74 Å². The highest BCUT2D eigenvalue weighted by Gasteiger charge is 2.40. The molecule has 0 aromatic rings. The summed E-state index contributed by atoms with van der Waals surface area (Å²) in [7, 11) is 0. The van der Waals surface area contributed by atoms with E-state index < -0.39 is 0 Å². The molecule has 0 bridgehead atoms. The van der Waals surface area contributed by atoms with Crippen molar-refractivity contribution in [2.45, 2.75) is 45.1 Å². The smallest absolute Gasteiger partial charge is 0.105 e. The van der Waals surface area contributed by atoms with E-state index >= 15 is 0 Å². The maximum absolute atomic E-state index is 5.79. The Labute approximate surface area is 85.8 Å². The molecule has 0 aromatic carbocycles. The molecule has 3 rings (SSSR count). The van der Waals surface area contributed by atoms with Crippen LogP contribution in [0.5, 0.6) is 0 Å². The zero-order valence-electron chi connectivity index (χ0n) is 8.83. The van der Waals surface area contributed by atoms with Crippen molar-refractivity contribution >= 4 is 0 Å².